The molecule has 1 heterocycles. The SMILES string of the molecule is CC(C)S(=O)(=O)CC1=Cc2cccc(O)c2S1(=O)=O. The summed E-state index contributed by atoms with van der Waals surface area (Å²) >= 11 is 0. The molecule has 0 radical (unpaired) electrons. The van der Waals surface area contributed by atoms with Crippen molar-refractivity contribution in [2.24, 2.45) is 0 Å². The fourth-order valence-corrected chi connectivity index (χ4v) is 5.07. The molecule has 0 aromatic heterocycles. The molecule has 104 valence electrons. The van der Waals surface area contributed by atoms with E-state index in [0.29, 0.717) is 5.56 Å². The Morgan fingerprint density at radius 2 is 1.89 bits per heavy atom. The van der Waals surface area contributed by atoms with E-state index in [4.69, 9.17) is 0 Å². The maximum Gasteiger partial charge on any atom is 0.208 e. The summed E-state index contributed by atoms with van der Waals surface area (Å²) in [4.78, 5) is -0.387. The van der Waals surface area contributed by atoms with Gasteiger partial charge >= 0.3 is 0 Å². The molecule has 0 fully saturated rings. The molecular formula is C12H14O5S2. The summed E-state index contributed by atoms with van der Waals surface area (Å²) in [5.74, 6) is -0.896. The number of phenolic OH excluding ortho intramolecular Hbond substituents is 1. The van der Waals surface area contributed by atoms with Gasteiger partial charge in [0.15, 0.2) is 9.84 Å². The van der Waals surface area contributed by atoms with E-state index in [1.165, 1.54) is 38.1 Å². The number of fused-ring (bicyclic) bond motifs is 1. The molecule has 7 heteroatoms. The predicted molar refractivity (Wildman–Crippen MR) is 72.2 cm³/mol. The number of phenols is 1. The Morgan fingerprint density at radius 1 is 1.26 bits per heavy atom. The maximum absolute atomic E-state index is 12.2. The Kier molecular flexibility index (Phi) is 3.22. The van der Waals surface area contributed by atoms with Gasteiger partial charge in [-0.15, -0.1) is 0 Å². The Labute approximate surface area is 112 Å². The molecule has 0 saturated carbocycles. The fraction of sp³-hybridized carbons (Fsp3) is 0.333. The van der Waals surface area contributed by atoms with Gasteiger partial charge in [0.2, 0.25) is 9.84 Å². The molecule has 1 aromatic carbocycles. The van der Waals surface area contributed by atoms with Crippen LogP contribution in [0.25, 0.3) is 6.08 Å². The van der Waals surface area contributed by atoms with Gasteiger partial charge in [-0.2, -0.15) is 0 Å². The molecule has 1 aliphatic rings. The lowest BCUT2D eigenvalue weighted by molar-refractivity contribution is 0.459. The number of aromatic hydroxyl groups is 1. The fourth-order valence-electron chi connectivity index (χ4n) is 1.81. The van der Waals surface area contributed by atoms with E-state index in [0.717, 1.165) is 0 Å². The van der Waals surface area contributed by atoms with E-state index >= 15 is 0 Å². The van der Waals surface area contributed by atoms with Crippen molar-refractivity contribution < 1.29 is 21.9 Å². The average Bonchev–Trinajstić information content (AvgIpc) is 2.51. The average molecular weight is 302 g/mol. The van der Waals surface area contributed by atoms with Gasteiger partial charge in [-0.05, 0) is 31.6 Å². The molecule has 0 spiro atoms. The van der Waals surface area contributed by atoms with Crippen LogP contribution in [0.4, 0.5) is 0 Å². The second-order valence-corrected chi connectivity index (χ2v) is 9.16. The van der Waals surface area contributed by atoms with Crippen LogP contribution in [0.3, 0.4) is 0 Å². The van der Waals surface area contributed by atoms with Crippen molar-refractivity contribution in [2.45, 2.75) is 24.0 Å². The lowest BCUT2D eigenvalue weighted by Gasteiger charge is -2.09. The van der Waals surface area contributed by atoms with Gasteiger partial charge in [0, 0.05) is 0 Å². The second kappa shape index (κ2) is 4.35. The van der Waals surface area contributed by atoms with Crippen molar-refractivity contribution in [3.8, 4) is 5.75 Å². The van der Waals surface area contributed by atoms with Gasteiger partial charge in [0.25, 0.3) is 0 Å². The third kappa shape index (κ3) is 2.28. The number of hydrogen-bond donors (Lipinski definition) is 1. The summed E-state index contributed by atoms with van der Waals surface area (Å²) in [6.45, 7) is 3.00. The number of rotatable bonds is 3. The Balaban J connectivity index is 2.52. The quantitative estimate of drug-likeness (QED) is 0.910. The van der Waals surface area contributed by atoms with Gasteiger partial charge in [-0.3, -0.25) is 0 Å². The molecular weight excluding hydrogens is 288 g/mol. The summed E-state index contributed by atoms with van der Waals surface area (Å²) in [7, 11) is -7.42. The highest BCUT2D eigenvalue weighted by atomic mass is 32.2. The molecule has 0 aliphatic carbocycles. The molecule has 0 amide bonds. The molecule has 0 unspecified atom stereocenters. The van der Waals surface area contributed by atoms with E-state index in [1.807, 2.05) is 0 Å². The number of sulfone groups is 2. The summed E-state index contributed by atoms with van der Waals surface area (Å²) in [6, 6.07) is 4.31. The first kappa shape index (κ1) is 14.1. The highest BCUT2D eigenvalue weighted by Gasteiger charge is 2.35. The zero-order chi connectivity index (χ0) is 14.4. The van der Waals surface area contributed by atoms with Gasteiger partial charge in [-0.25, -0.2) is 16.8 Å². The van der Waals surface area contributed by atoms with E-state index in [2.05, 4.69) is 0 Å². The van der Waals surface area contributed by atoms with Crippen molar-refractivity contribution in [1.82, 2.24) is 0 Å². The highest BCUT2D eigenvalue weighted by Crippen LogP contribution is 2.39. The topological polar surface area (TPSA) is 88.5 Å². The van der Waals surface area contributed by atoms with Crippen LogP contribution in [0.15, 0.2) is 28.0 Å². The van der Waals surface area contributed by atoms with Crippen molar-refractivity contribution in [2.75, 3.05) is 5.75 Å². The first-order chi connectivity index (χ1) is 8.66. The molecule has 2 rings (SSSR count). The van der Waals surface area contributed by atoms with Crippen LogP contribution >= 0.6 is 0 Å². The summed E-state index contributed by atoms with van der Waals surface area (Å²) in [5.41, 5.74) is 0.328. The van der Waals surface area contributed by atoms with Crippen molar-refractivity contribution in [1.29, 1.82) is 0 Å². The minimum atomic E-state index is -3.91. The third-order valence-corrected chi connectivity index (χ3v) is 7.28. The van der Waals surface area contributed by atoms with Crippen LogP contribution in [0.2, 0.25) is 0 Å². The van der Waals surface area contributed by atoms with Crippen LogP contribution in [0.5, 0.6) is 5.75 Å². The minimum Gasteiger partial charge on any atom is -0.507 e. The van der Waals surface area contributed by atoms with Crippen molar-refractivity contribution in [3.05, 3.63) is 28.7 Å². The predicted octanol–water partition coefficient (Wildman–Crippen LogP) is 1.34. The minimum absolute atomic E-state index is 0.183. The molecule has 19 heavy (non-hydrogen) atoms. The number of hydrogen-bond acceptors (Lipinski definition) is 5. The molecule has 0 atom stereocenters. The smallest absolute Gasteiger partial charge is 0.208 e. The molecule has 1 aromatic rings. The maximum atomic E-state index is 12.2. The first-order valence-corrected chi connectivity index (χ1v) is 8.85. The Morgan fingerprint density at radius 3 is 2.42 bits per heavy atom. The summed E-state index contributed by atoms with van der Waals surface area (Å²) in [6.07, 6.45) is 1.31. The standard InChI is InChI=1S/C12H14O5S2/c1-8(2)18(14,15)7-10-6-9-4-3-5-11(13)12(9)19(10,16)17/h3-6,8,13H,7H2,1-2H3. The first-order valence-electron chi connectivity index (χ1n) is 5.65. The molecule has 1 N–H and O–H groups in total. The molecule has 0 saturated heterocycles. The molecule has 1 aliphatic heterocycles. The lowest BCUT2D eigenvalue weighted by atomic mass is 10.2. The normalized spacial score (nSPS) is 17.3. The van der Waals surface area contributed by atoms with E-state index in [-0.39, 0.29) is 15.6 Å². The highest BCUT2D eigenvalue weighted by molar-refractivity contribution is 7.98. The molecule has 0 bridgehead atoms. The monoisotopic (exact) mass is 302 g/mol. The third-order valence-electron chi connectivity index (χ3n) is 3.02. The van der Waals surface area contributed by atoms with Crippen LogP contribution < -0.4 is 0 Å². The van der Waals surface area contributed by atoms with Gasteiger partial charge < -0.3 is 5.11 Å². The van der Waals surface area contributed by atoms with Gasteiger partial charge in [-0.1, -0.05) is 12.1 Å². The largest absolute Gasteiger partial charge is 0.507 e. The molecule has 5 nitrogen and oxygen atoms in total. The van der Waals surface area contributed by atoms with Gasteiger partial charge in [0.05, 0.1) is 15.9 Å². The van der Waals surface area contributed by atoms with Crippen molar-refractivity contribution in [3.63, 3.8) is 0 Å². The van der Waals surface area contributed by atoms with Crippen LogP contribution in [0.1, 0.15) is 19.4 Å². The zero-order valence-corrected chi connectivity index (χ0v) is 12.1. The van der Waals surface area contributed by atoms with Crippen LogP contribution in [-0.4, -0.2) is 32.9 Å². The van der Waals surface area contributed by atoms with Crippen LogP contribution in [-0.2, 0) is 19.7 Å². The zero-order valence-electron chi connectivity index (χ0n) is 10.5. The lowest BCUT2D eigenvalue weighted by Crippen LogP contribution is -2.21. The van der Waals surface area contributed by atoms with Crippen LogP contribution in [0, 0.1) is 0 Å². The second-order valence-electron chi connectivity index (χ2n) is 4.67. The Bertz CT molecular complexity index is 755. The van der Waals surface area contributed by atoms with E-state index in [9.17, 15) is 21.9 Å². The van der Waals surface area contributed by atoms with Gasteiger partial charge in [0.1, 0.15) is 10.6 Å². The number of benzene rings is 1. The summed E-state index contributed by atoms with van der Waals surface area (Å²) in [5, 5.41) is 8.98. The van der Waals surface area contributed by atoms with E-state index < -0.39 is 30.7 Å². The Hall–Kier alpha value is -1.34. The summed E-state index contributed by atoms with van der Waals surface area (Å²) < 4.78 is 48.1. The van der Waals surface area contributed by atoms with E-state index in [1.54, 1.807) is 0 Å². The van der Waals surface area contributed by atoms with Crippen molar-refractivity contribution >= 4 is 25.8 Å².